The monoisotopic (exact) mass is 416 g/mol. The number of methoxy groups -OCH3 is 1. The van der Waals surface area contributed by atoms with E-state index in [0.29, 0.717) is 16.3 Å². The number of aromatic nitrogens is 3. The van der Waals surface area contributed by atoms with Crippen LogP contribution in [0, 0.1) is 0 Å². The van der Waals surface area contributed by atoms with Gasteiger partial charge < -0.3 is 15.2 Å². The predicted molar refractivity (Wildman–Crippen MR) is 110 cm³/mol. The molecule has 3 aromatic rings. The Morgan fingerprint density at radius 3 is 2.69 bits per heavy atom. The third-order valence-electron chi connectivity index (χ3n) is 4.02. The number of nitrogens with zero attached hydrogens (tertiary/aromatic N) is 3. The average Bonchev–Trinajstić information content (AvgIpc) is 2.63. The number of carbonyl (C=O) groups is 1. The summed E-state index contributed by atoms with van der Waals surface area (Å²) in [6.45, 7) is 5.28. The molecule has 2 heterocycles. The van der Waals surface area contributed by atoms with Crippen molar-refractivity contribution in [1.29, 1.82) is 0 Å². The molecule has 8 nitrogen and oxygen atoms in total. The first-order valence-electron chi connectivity index (χ1n) is 8.83. The lowest BCUT2D eigenvalue weighted by Gasteiger charge is -2.21. The van der Waals surface area contributed by atoms with Crippen LogP contribution >= 0.6 is 11.6 Å². The van der Waals surface area contributed by atoms with Gasteiger partial charge in [0.25, 0.3) is 5.56 Å². The van der Waals surface area contributed by atoms with Crippen LogP contribution in [-0.2, 0) is 11.3 Å². The van der Waals surface area contributed by atoms with Crippen LogP contribution in [0.1, 0.15) is 20.8 Å². The van der Waals surface area contributed by atoms with E-state index >= 15 is 0 Å². The van der Waals surface area contributed by atoms with E-state index in [1.165, 1.54) is 23.9 Å². The van der Waals surface area contributed by atoms with Crippen LogP contribution in [0.3, 0.4) is 0 Å². The summed E-state index contributed by atoms with van der Waals surface area (Å²) in [6.07, 6.45) is 1.21. The molecular formula is C20H21ClN4O4. The normalized spacial score (nSPS) is 11.5. The minimum atomic E-state index is -0.494. The largest absolute Gasteiger partial charge is 0.506 e. The molecule has 1 amide bonds. The van der Waals surface area contributed by atoms with Gasteiger partial charge in [0.2, 0.25) is 5.91 Å². The maximum absolute atomic E-state index is 13.1. The summed E-state index contributed by atoms with van der Waals surface area (Å²) < 4.78 is 6.50. The van der Waals surface area contributed by atoms with Crippen LogP contribution in [0.25, 0.3) is 22.4 Å². The second-order valence-corrected chi connectivity index (χ2v) is 7.95. The Hall–Kier alpha value is -3.13. The number of amides is 1. The Balaban J connectivity index is 2.23. The van der Waals surface area contributed by atoms with Gasteiger partial charge in [0.15, 0.2) is 5.65 Å². The Kier molecular flexibility index (Phi) is 5.48. The number of aromatic hydroxyl groups is 1. The lowest BCUT2D eigenvalue weighted by atomic mass is 10.1. The minimum Gasteiger partial charge on any atom is -0.506 e. The highest BCUT2D eigenvalue weighted by molar-refractivity contribution is 6.32. The summed E-state index contributed by atoms with van der Waals surface area (Å²) in [5.74, 6) is 0.127. The molecule has 2 aromatic heterocycles. The van der Waals surface area contributed by atoms with Crippen LogP contribution in [0.15, 0.2) is 35.3 Å². The minimum absolute atomic E-state index is 0.109. The maximum Gasteiger partial charge on any atom is 0.263 e. The van der Waals surface area contributed by atoms with Crippen molar-refractivity contribution in [3.63, 3.8) is 0 Å². The number of rotatable bonds is 4. The van der Waals surface area contributed by atoms with Crippen molar-refractivity contribution in [1.82, 2.24) is 19.9 Å². The van der Waals surface area contributed by atoms with Crippen LogP contribution in [0.4, 0.5) is 0 Å². The van der Waals surface area contributed by atoms with E-state index in [4.69, 9.17) is 16.3 Å². The van der Waals surface area contributed by atoms with Gasteiger partial charge in [0, 0.05) is 11.1 Å². The fourth-order valence-corrected chi connectivity index (χ4v) is 3.06. The second-order valence-electron chi connectivity index (χ2n) is 7.54. The molecule has 0 fully saturated rings. The van der Waals surface area contributed by atoms with Gasteiger partial charge in [0.05, 0.1) is 23.7 Å². The summed E-state index contributed by atoms with van der Waals surface area (Å²) in [5, 5.41) is 13.1. The van der Waals surface area contributed by atoms with Gasteiger partial charge in [-0.2, -0.15) is 0 Å². The molecule has 0 atom stereocenters. The van der Waals surface area contributed by atoms with Gasteiger partial charge in [-0.25, -0.2) is 9.97 Å². The smallest absolute Gasteiger partial charge is 0.263 e. The lowest BCUT2D eigenvalue weighted by Crippen LogP contribution is -2.43. The number of nitrogens with one attached hydrogen (secondary N) is 1. The fourth-order valence-electron chi connectivity index (χ4n) is 2.86. The number of carbonyl (C=O) groups excluding carboxylic acids is 1. The van der Waals surface area contributed by atoms with Crippen molar-refractivity contribution >= 4 is 28.5 Å². The molecule has 9 heteroatoms. The molecule has 152 valence electrons. The summed E-state index contributed by atoms with van der Waals surface area (Å²) in [4.78, 5) is 34.2. The topological polar surface area (TPSA) is 106 Å². The Morgan fingerprint density at radius 2 is 2.03 bits per heavy atom. The number of halogens is 1. The molecule has 0 saturated carbocycles. The maximum atomic E-state index is 13.1. The van der Waals surface area contributed by atoms with Gasteiger partial charge in [-0.05, 0) is 45.0 Å². The SMILES string of the molecule is COc1cc(-c2nc3ncc(O)cc3c(=O)n2CC(=O)NC(C)(C)C)ccc1Cl. The van der Waals surface area contributed by atoms with Gasteiger partial charge in [-0.1, -0.05) is 11.6 Å². The summed E-state index contributed by atoms with van der Waals surface area (Å²) >= 11 is 6.11. The first-order chi connectivity index (χ1) is 13.6. The van der Waals surface area contributed by atoms with Gasteiger partial charge in [0.1, 0.15) is 23.9 Å². The molecule has 0 aliphatic carbocycles. The molecular weight excluding hydrogens is 396 g/mol. The Labute approximate surface area is 172 Å². The summed E-state index contributed by atoms with van der Waals surface area (Å²) in [7, 11) is 1.48. The molecule has 0 unspecified atom stereocenters. The molecule has 1 aromatic carbocycles. The molecule has 0 bridgehead atoms. The van der Waals surface area contributed by atoms with E-state index in [0.717, 1.165) is 0 Å². The van der Waals surface area contributed by atoms with E-state index in [1.807, 2.05) is 20.8 Å². The highest BCUT2D eigenvalue weighted by Crippen LogP contribution is 2.30. The van der Waals surface area contributed by atoms with Crippen molar-refractivity contribution in [2.45, 2.75) is 32.9 Å². The molecule has 2 N–H and O–H groups in total. The zero-order valence-corrected chi connectivity index (χ0v) is 17.2. The molecule has 3 rings (SSSR count). The van der Waals surface area contributed by atoms with Gasteiger partial charge in [-0.3, -0.25) is 14.2 Å². The zero-order valence-electron chi connectivity index (χ0n) is 16.5. The Morgan fingerprint density at radius 1 is 1.31 bits per heavy atom. The van der Waals surface area contributed by atoms with E-state index in [1.54, 1.807) is 18.2 Å². The number of hydrogen-bond acceptors (Lipinski definition) is 6. The fraction of sp³-hybridized carbons (Fsp3) is 0.300. The number of benzene rings is 1. The first kappa shape index (κ1) is 20.6. The van der Waals surface area contributed by atoms with Gasteiger partial charge >= 0.3 is 0 Å². The highest BCUT2D eigenvalue weighted by Gasteiger charge is 2.20. The van der Waals surface area contributed by atoms with E-state index in [-0.39, 0.29) is 35.1 Å². The summed E-state index contributed by atoms with van der Waals surface area (Å²) in [6, 6.07) is 6.21. The van der Waals surface area contributed by atoms with Crippen molar-refractivity contribution in [3.05, 3.63) is 45.8 Å². The third-order valence-corrected chi connectivity index (χ3v) is 4.33. The van der Waals surface area contributed by atoms with Crippen LogP contribution in [0.5, 0.6) is 11.5 Å². The van der Waals surface area contributed by atoms with Crippen molar-refractivity contribution in [2.75, 3.05) is 7.11 Å². The first-order valence-corrected chi connectivity index (χ1v) is 9.21. The van der Waals surface area contributed by atoms with E-state index in [2.05, 4.69) is 15.3 Å². The standard InChI is InChI=1S/C20H21ClN4O4/c1-20(2,3)24-16(27)10-25-18(11-5-6-14(21)15(7-11)29-4)23-17-13(19(25)28)8-12(26)9-22-17/h5-9,26H,10H2,1-4H3,(H,24,27). The molecule has 29 heavy (non-hydrogen) atoms. The Bertz CT molecular complexity index is 1150. The molecule has 0 radical (unpaired) electrons. The van der Waals surface area contributed by atoms with E-state index in [9.17, 15) is 14.7 Å². The molecule has 0 spiro atoms. The van der Waals surface area contributed by atoms with Crippen LogP contribution < -0.4 is 15.6 Å². The number of pyridine rings is 1. The zero-order chi connectivity index (χ0) is 21.3. The van der Waals surface area contributed by atoms with Crippen molar-refractivity contribution < 1.29 is 14.6 Å². The number of hydrogen-bond donors (Lipinski definition) is 2. The number of ether oxygens (including phenoxy) is 1. The quantitative estimate of drug-likeness (QED) is 0.677. The molecule has 0 aliphatic heterocycles. The van der Waals surface area contributed by atoms with Crippen LogP contribution in [0.2, 0.25) is 5.02 Å². The van der Waals surface area contributed by atoms with Gasteiger partial charge in [-0.15, -0.1) is 0 Å². The number of fused-ring (bicyclic) bond motifs is 1. The van der Waals surface area contributed by atoms with Crippen LogP contribution in [-0.4, -0.2) is 38.2 Å². The predicted octanol–water partition coefficient (Wildman–Crippen LogP) is 2.74. The third kappa shape index (κ3) is 4.48. The van der Waals surface area contributed by atoms with Crippen molar-refractivity contribution in [2.24, 2.45) is 0 Å². The van der Waals surface area contributed by atoms with E-state index < -0.39 is 11.1 Å². The molecule has 0 aliphatic rings. The second kappa shape index (κ2) is 7.71. The highest BCUT2D eigenvalue weighted by atomic mass is 35.5. The van der Waals surface area contributed by atoms with Crippen molar-refractivity contribution in [3.8, 4) is 22.9 Å². The molecule has 0 saturated heterocycles. The average molecular weight is 417 g/mol. The summed E-state index contributed by atoms with van der Waals surface area (Å²) in [5.41, 5.74) is -0.270. The lowest BCUT2D eigenvalue weighted by molar-refractivity contribution is -0.123.